The zero-order valence-corrected chi connectivity index (χ0v) is 15.6. The van der Waals surface area contributed by atoms with Crippen molar-refractivity contribution in [2.45, 2.75) is 0 Å². The normalized spacial score (nSPS) is 13.9. The average Bonchev–Trinajstić information content (AvgIpc) is 2.79. The Kier molecular flexibility index (Phi) is 5.15. The summed E-state index contributed by atoms with van der Waals surface area (Å²) in [7, 11) is 0. The molecule has 1 aromatic carbocycles. The summed E-state index contributed by atoms with van der Waals surface area (Å²) in [6.45, 7) is 1.55. The van der Waals surface area contributed by atoms with Crippen molar-refractivity contribution in [3.8, 4) is 11.5 Å². The molecular formula is C21H19N5O3. The van der Waals surface area contributed by atoms with Gasteiger partial charge in [0.15, 0.2) is 5.82 Å². The lowest BCUT2D eigenvalue weighted by molar-refractivity contribution is 0.0534. The van der Waals surface area contributed by atoms with Crippen LogP contribution in [0.1, 0.15) is 20.7 Å². The second kappa shape index (κ2) is 8.05. The van der Waals surface area contributed by atoms with Crippen LogP contribution in [0.5, 0.6) is 0 Å². The van der Waals surface area contributed by atoms with Crippen LogP contribution in [0.4, 0.5) is 0 Å². The number of H-pyrrole nitrogens is 1. The van der Waals surface area contributed by atoms with E-state index >= 15 is 0 Å². The van der Waals surface area contributed by atoms with Crippen molar-refractivity contribution in [1.29, 1.82) is 0 Å². The quantitative estimate of drug-likeness (QED) is 0.731. The molecule has 0 bridgehead atoms. The van der Waals surface area contributed by atoms with Crippen LogP contribution in [0.2, 0.25) is 0 Å². The second-order valence-corrected chi connectivity index (χ2v) is 6.64. The van der Waals surface area contributed by atoms with Crippen LogP contribution >= 0.6 is 0 Å². The molecule has 4 rings (SSSR count). The molecule has 0 atom stereocenters. The average molecular weight is 389 g/mol. The summed E-state index contributed by atoms with van der Waals surface area (Å²) in [4.78, 5) is 51.9. The number of carbonyl (C=O) groups is 2. The van der Waals surface area contributed by atoms with E-state index in [1.54, 1.807) is 46.3 Å². The van der Waals surface area contributed by atoms with Crippen molar-refractivity contribution in [3.05, 3.63) is 82.4 Å². The number of nitrogens with one attached hydrogen (secondary N) is 1. The molecule has 29 heavy (non-hydrogen) atoms. The van der Waals surface area contributed by atoms with E-state index in [0.29, 0.717) is 43.3 Å². The van der Waals surface area contributed by atoms with Gasteiger partial charge in [-0.3, -0.25) is 19.4 Å². The molecular weight excluding hydrogens is 370 g/mol. The van der Waals surface area contributed by atoms with Crippen molar-refractivity contribution in [3.63, 3.8) is 0 Å². The minimum Gasteiger partial charge on any atom is -0.335 e. The van der Waals surface area contributed by atoms with Gasteiger partial charge in [-0.25, -0.2) is 4.98 Å². The molecule has 2 aromatic heterocycles. The molecule has 0 aliphatic carbocycles. The number of pyridine rings is 1. The number of aromatic amines is 1. The maximum absolute atomic E-state index is 12.8. The standard InChI is InChI=1S/C21H19N5O3/c27-19-16(14-23-18(24-19)17-8-4-5-9-22-17)21(29)26-12-10-25(11-13-26)20(28)15-6-2-1-3-7-15/h1-9,14H,10-13H2,(H,23,24,27). The van der Waals surface area contributed by atoms with Gasteiger partial charge in [0.05, 0.1) is 0 Å². The monoisotopic (exact) mass is 389 g/mol. The fourth-order valence-electron chi connectivity index (χ4n) is 3.23. The van der Waals surface area contributed by atoms with Crippen LogP contribution < -0.4 is 5.56 Å². The fraction of sp³-hybridized carbons (Fsp3) is 0.190. The molecule has 8 heteroatoms. The van der Waals surface area contributed by atoms with Gasteiger partial charge in [-0.1, -0.05) is 24.3 Å². The van der Waals surface area contributed by atoms with Crippen LogP contribution in [0.15, 0.2) is 65.7 Å². The van der Waals surface area contributed by atoms with Crippen molar-refractivity contribution >= 4 is 11.8 Å². The highest BCUT2D eigenvalue weighted by Crippen LogP contribution is 2.12. The molecule has 1 N–H and O–H groups in total. The Morgan fingerprint density at radius 1 is 0.828 bits per heavy atom. The maximum atomic E-state index is 12.8. The Bertz CT molecular complexity index is 1070. The number of piperazine rings is 1. The molecule has 3 aromatic rings. The van der Waals surface area contributed by atoms with Gasteiger partial charge in [-0.05, 0) is 24.3 Å². The van der Waals surface area contributed by atoms with E-state index in [4.69, 9.17) is 0 Å². The lowest BCUT2D eigenvalue weighted by atomic mass is 10.1. The number of hydrogen-bond donors (Lipinski definition) is 1. The summed E-state index contributed by atoms with van der Waals surface area (Å²) in [5.74, 6) is -0.138. The first-order valence-corrected chi connectivity index (χ1v) is 9.28. The third-order valence-electron chi connectivity index (χ3n) is 4.81. The molecule has 1 saturated heterocycles. The van der Waals surface area contributed by atoms with E-state index in [-0.39, 0.29) is 11.5 Å². The molecule has 8 nitrogen and oxygen atoms in total. The maximum Gasteiger partial charge on any atom is 0.264 e. The predicted molar refractivity (Wildman–Crippen MR) is 106 cm³/mol. The number of hydrogen-bond acceptors (Lipinski definition) is 5. The highest BCUT2D eigenvalue weighted by Gasteiger charge is 2.27. The van der Waals surface area contributed by atoms with Gasteiger partial charge in [0, 0.05) is 44.1 Å². The van der Waals surface area contributed by atoms with Gasteiger partial charge in [0.2, 0.25) is 0 Å². The van der Waals surface area contributed by atoms with Crippen molar-refractivity contribution < 1.29 is 9.59 Å². The number of amides is 2. The highest BCUT2D eigenvalue weighted by atomic mass is 16.2. The lowest BCUT2D eigenvalue weighted by Gasteiger charge is -2.34. The largest absolute Gasteiger partial charge is 0.335 e. The third kappa shape index (κ3) is 3.91. The number of nitrogens with zero attached hydrogens (tertiary/aromatic N) is 4. The molecule has 0 unspecified atom stereocenters. The van der Waals surface area contributed by atoms with Crippen LogP contribution in [0, 0.1) is 0 Å². The minimum absolute atomic E-state index is 0.0208. The molecule has 3 heterocycles. The van der Waals surface area contributed by atoms with E-state index in [0.717, 1.165) is 0 Å². The Balaban J connectivity index is 1.43. The first kappa shape index (κ1) is 18.5. The number of benzene rings is 1. The summed E-state index contributed by atoms with van der Waals surface area (Å²) in [5.41, 5.74) is 0.621. The topological polar surface area (TPSA) is 99.3 Å². The number of aromatic nitrogens is 3. The molecule has 1 aliphatic heterocycles. The molecule has 1 fully saturated rings. The Labute approximate surface area is 166 Å². The summed E-state index contributed by atoms with van der Waals surface area (Å²) in [6.07, 6.45) is 2.89. The highest BCUT2D eigenvalue weighted by molar-refractivity contribution is 5.95. The molecule has 2 amide bonds. The van der Waals surface area contributed by atoms with Crippen LogP contribution in [0.3, 0.4) is 0 Å². The molecule has 1 aliphatic rings. The Morgan fingerprint density at radius 3 is 2.10 bits per heavy atom. The summed E-state index contributed by atoms with van der Waals surface area (Å²) < 4.78 is 0. The summed E-state index contributed by atoms with van der Waals surface area (Å²) in [5, 5.41) is 0. The molecule has 0 radical (unpaired) electrons. The molecule has 146 valence electrons. The fourth-order valence-corrected chi connectivity index (χ4v) is 3.23. The van der Waals surface area contributed by atoms with Gasteiger partial charge >= 0.3 is 0 Å². The van der Waals surface area contributed by atoms with E-state index in [2.05, 4.69) is 15.0 Å². The van der Waals surface area contributed by atoms with E-state index in [1.807, 2.05) is 18.2 Å². The number of carbonyl (C=O) groups excluding carboxylic acids is 2. The van der Waals surface area contributed by atoms with Gasteiger partial charge in [-0.2, -0.15) is 0 Å². The smallest absolute Gasteiger partial charge is 0.264 e. The lowest BCUT2D eigenvalue weighted by Crippen LogP contribution is -2.51. The second-order valence-electron chi connectivity index (χ2n) is 6.64. The van der Waals surface area contributed by atoms with Gasteiger partial charge < -0.3 is 14.8 Å². The van der Waals surface area contributed by atoms with Gasteiger partial charge in [-0.15, -0.1) is 0 Å². The predicted octanol–water partition coefficient (Wildman–Crippen LogP) is 1.43. The minimum atomic E-state index is -0.506. The molecule has 0 spiro atoms. The van der Waals surface area contributed by atoms with E-state index in [1.165, 1.54) is 6.20 Å². The Hall–Kier alpha value is -3.81. The first-order valence-electron chi connectivity index (χ1n) is 9.28. The Morgan fingerprint density at radius 2 is 1.48 bits per heavy atom. The van der Waals surface area contributed by atoms with Crippen LogP contribution in [-0.4, -0.2) is 62.7 Å². The first-order chi connectivity index (χ1) is 14.1. The molecule has 0 saturated carbocycles. The summed E-state index contributed by atoms with van der Waals surface area (Å²) in [6, 6.07) is 14.3. The van der Waals surface area contributed by atoms with Gasteiger partial charge in [0.1, 0.15) is 11.3 Å². The van der Waals surface area contributed by atoms with Crippen LogP contribution in [-0.2, 0) is 0 Å². The summed E-state index contributed by atoms with van der Waals surface area (Å²) >= 11 is 0. The number of rotatable bonds is 3. The zero-order valence-electron chi connectivity index (χ0n) is 15.6. The SMILES string of the molecule is O=C(c1ccccc1)N1CCN(C(=O)c2cnc(-c3ccccn3)[nH]c2=O)CC1. The van der Waals surface area contributed by atoms with Crippen LogP contribution in [0.25, 0.3) is 11.5 Å². The van der Waals surface area contributed by atoms with E-state index in [9.17, 15) is 14.4 Å². The van der Waals surface area contributed by atoms with E-state index < -0.39 is 11.5 Å². The zero-order chi connectivity index (χ0) is 20.2. The van der Waals surface area contributed by atoms with Crippen molar-refractivity contribution in [2.24, 2.45) is 0 Å². The van der Waals surface area contributed by atoms with Crippen molar-refractivity contribution in [1.82, 2.24) is 24.8 Å². The third-order valence-corrected chi connectivity index (χ3v) is 4.81. The van der Waals surface area contributed by atoms with Gasteiger partial charge in [0.25, 0.3) is 17.4 Å². The van der Waals surface area contributed by atoms with Crippen molar-refractivity contribution in [2.75, 3.05) is 26.2 Å².